The van der Waals surface area contributed by atoms with Crippen LogP contribution >= 0.6 is 34.0 Å². The molecule has 0 unspecified atom stereocenters. The number of methoxy groups -OCH3 is 1. The van der Waals surface area contributed by atoms with Crippen molar-refractivity contribution in [1.82, 2.24) is 25.2 Å². The summed E-state index contributed by atoms with van der Waals surface area (Å²) >= 11 is 3.50. The number of hydrogen-bond donors (Lipinski definition) is 3. The number of nitrogens with one attached hydrogen (secondary N) is 1. The Morgan fingerprint density at radius 3 is 1.57 bits per heavy atom. The van der Waals surface area contributed by atoms with Crippen LogP contribution in [-0.2, 0) is 19.1 Å². The highest BCUT2D eigenvalue weighted by Crippen LogP contribution is 2.37. The van der Waals surface area contributed by atoms with Gasteiger partial charge >= 0.3 is 11.9 Å². The molecule has 1 amide bonds. The maximum Gasteiger partial charge on any atom is 0.381 e. The van der Waals surface area contributed by atoms with Crippen LogP contribution in [0.5, 0.6) is 11.5 Å². The third-order valence-corrected chi connectivity index (χ3v) is 13.2. The van der Waals surface area contributed by atoms with Crippen molar-refractivity contribution in [1.29, 1.82) is 0 Å². The van der Waals surface area contributed by atoms with Gasteiger partial charge in [-0.3, -0.25) is 19.2 Å². The molecule has 2 atom stereocenters. The molecule has 0 aliphatic carbocycles. The zero-order valence-corrected chi connectivity index (χ0v) is 40.0. The molecule has 5 heterocycles. The third kappa shape index (κ3) is 13.2. The van der Waals surface area contributed by atoms with Crippen molar-refractivity contribution in [3.8, 4) is 43.2 Å². The highest BCUT2D eigenvalue weighted by Gasteiger charge is 2.32. The number of thiazole rings is 3. The summed E-state index contributed by atoms with van der Waals surface area (Å²) in [4.78, 5) is 84.2. The monoisotopic (exact) mass is 1050 g/mol. The van der Waals surface area contributed by atoms with E-state index in [4.69, 9.17) is 14.6 Å². The summed E-state index contributed by atoms with van der Waals surface area (Å²) in [5, 5.41) is 28.1. The van der Waals surface area contributed by atoms with Crippen LogP contribution in [0.25, 0.3) is 31.7 Å². The Morgan fingerprint density at radius 1 is 0.667 bits per heavy atom. The van der Waals surface area contributed by atoms with Gasteiger partial charge in [-0.05, 0) is 116 Å². The normalized spacial score (nSPS) is 13.6. The van der Waals surface area contributed by atoms with Gasteiger partial charge in [0.15, 0.2) is 17.3 Å². The predicted molar refractivity (Wildman–Crippen MR) is 255 cm³/mol. The minimum atomic E-state index is -1.54. The number of aliphatic hydroxyl groups is 1. The fraction of sp³-hybridized carbons (Fsp3) is 0.204. The topological polar surface area (TPSA) is 225 Å². The zero-order chi connectivity index (χ0) is 51.5. The number of benzene rings is 4. The molecular weight excluding hydrogens is 1010 g/mol. The highest BCUT2D eigenvalue weighted by molar-refractivity contribution is 7.14. The molecule has 1 fully saturated rings. The number of carbonyl (C=O) groups excluding carboxylic acids is 5. The SMILES string of the molecule is COC(=O)C(=O)c1csc(-c2ccc(F)cc2)n1.O=C(N[C@H](CN1CCCC1)[C@H](O)c1cc(F)c2c(c1)OCCO2)C(=O)c1csc(-c2ccc(F)cc2)n1.O=C(O)C(=O)c1csc(-c2ccc(F)cc2)n1. The fourth-order valence-electron chi connectivity index (χ4n) is 6.97. The van der Waals surface area contributed by atoms with E-state index in [0.717, 1.165) is 61.8 Å². The molecule has 16 nitrogen and oxygen atoms in total. The summed E-state index contributed by atoms with van der Waals surface area (Å²) < 4.78 is 68.4. The molecular formula is C49H39F4N5O11S3. The van der Waals surface area contributed by atoms with Gasteiger partial charge in [0.25, 0.3) is 23.3 Å². The number of esters is 1. The van der Waals surface area contributed by atoms with Gasteiger partial charge in [0, 0.05) is 39.4 Å². The number of ketones is 3. The molecule has 3 N–H and O–H groups in total. The molecule has 0 bridgehead atoms. The molecule has 23 heteroatoms. The Balaban J connectivity index is 0.000000180. The molecule has 0 spiro atoms. The second-order valence-corrected chi connectivity index (χ2v) is 18.1. The smallest absolute Gasteiger partial charge is 0.381 e. The Morgan fingerprint density at radius 2 is 1.11 bits per heavy atom. The number of Topliss-reactive ketones (excluding diaryl/α,β-unsaturated/α-hetero) is 3. The number of amides is 1. The number of aliphatic hydroxyl groups excluding tert-OH is 1. The molecule has 372 valence electrons. The van der Waals surface area contributed by atoms with Crippen molar-refractivity contribution in [2.45, 2.75) is 25.0 Å². The van der Waals surface area contributed by atoms with Gasteiger partial charge in [-0.1, -0.05) is 0 Å². The maximum atomic E-state index is 14.6. The molecule has 4 aromatic carbocycles. The van der Waals surface area contributed by atoms with E-state index >= 15 is 0 Å². The summed E-state index contributed by atoms with van der Waals surface area (Å²) in [6, 6.07) is 18.7. The van der Waals surface area contributed by atoms with Crippen LogP contribution in [0, 0.1) is 23.3 Å². The lowest BCUT2D eigenvalue weighted by Crippen LogP contribution is -2.48. The van der Waals surface area contributed by atoms with Gasteiger partial charge in [0.2, 0.25) is 0 Å². The molecule has 72 heavy (non-hydrogen) atoms. The van der Waals surface area contributed by atoms with Gasteiger partial charge in [0.1, 0.15) is 68.9 Å². The van der Waals surface area contributed by atoms with Crippen LogP contribution < -0.4 is 14.8 Å². The highest BCUT2D eigenvalue weighted by atomic mass is 32.1. The lowest BCUT2D eigenvalue weighted by Gasteiger charge is -2.29. The average molecular weight is 1050 g/mol. The van der Waals surface area contributed by atoms with Gasteiger partial charge in [-0.25, -0.2) is 42.1 Å². The first kappa shape index (κ1) is 52.3. The largest absolute Gasteiger partial charge is 0.486 e. The van der Waals surface area contributed by atoms with E-state index in [0.29, 0.717) is 31.7 Å². The first-order valence-electron chi connectivity index (χ1n) is 21.5. The number of carboxylic acid groups (broad SMARTS) is 1. The minimum Gasteiger partial charge on any atom is -0.486 e. The molecule has 0 radical (unpaired) electrons. The van der Waals surface area contributed by atoms with Crippen molar-refractivity contribution < 1.29 is 70.8 Å². The van der Waals surface area contributed by atoms with Gasteiger partial charge < -0.3 is 34.6 Å². The molecule has 3 aromatic heterocycles. The number of halogens is 4. The second-order valence-electron chi connectivity index (χ2n) is 15.5. The Kier molecular flexibility index (Phi) is 17.4. The number of aromatic nitrogens is 3. The number of nitrogens with zero attached hydrogens (tertiary/aromatic N) is 4. The molecule has 2 aliphatic heterocycles. The van der Waals surface area contributed by atoms with Crippen molar-refractivity contribution in [3.05, 3.63) is 147 Å². The van der Waals surface area contributed by atoms with E-state index in [1.807, 2.05) is 0 Å². The van der Waals surface area contributed by atoms with E-state index in [9.17, 15) is 51.4 Å². The van der Waals surface area contributed by atoms with E-state index in [1.165, 1.54) is 94.2 Å². The van der Waals surface area contributed by atoms with Crippen LogP contribution in [0.2, 0.25) is 0 Å². The summed E-state index contributed by atoms with van der Waals surface area (Å²) in [5.41, 5.74) is 2.01. The molecule has 2 aliphatic rings. The minimum absolute atomic E-state index is 0.0157. The van der Waals surface area contributed by atoms with Crippen LogP contribution in [0.15, 0.2) is 101 Å². The number of rotatable bonds is 14. The van der Waals surface area contributed by atoms with Crippen LogP contribution in [-0.4, -0.2) is 111 Å². The van der Waals surface area contributed by atoms with Crippen LogP contribution in [0.3, 0.4) is 0 Å². The summed E-state index contributed by atoms with van der Waals surface area (Å²) in [5.74, 6) is -7.75. The maximum absolute atomic E-state index is 14.6. The average Bonchev–Trinajstić information content (AvgIpc) is 4.26. The number of hydrogen-bond acceptors (Lipinski definition) is 17. The van der Waals surface area contributed by atoms with Crippen molar-refractivity contribution in [2.24, 2.45) is 0 Å². The molecule has 0 saturated carbocycles. The molecule has 9 rings (SSSR count). The van der Waals surface area contributed by atoms with E-state index in [-0.39, 0.29) is 65.5 Å². The number of fused-ring (bicyclic) bond motifs is 1. The van der Waals surface area contributed by atoms with Crippen LogP contribution in [0.4, 0.5) is 17.6 Å². The Labute approximate surface area is 418 Å². The lowest BCUT2D eigenvalue weighted by molar-refractivity contribution is -0.135. The Bertz CT molecular complexity index is 3090. The quantitative estimate of drug-likeness (QED) is 0.0408. The number of aliphatic carboxylic acids is 1. The zero-order valence-electron chi connectivity index (χ0n) is 37.5. The second kappa shape index (κ2) is 24.0. The predicted octanol–water partition coefficient (Wildman–Crippen LogP) is 7.88. The van der Waals surface area contributed by atoms with Crippen molar-refractivity contribution in [3.63, 3.8) is 0 Å². The standard InChI is InChI=1S/C26H25F2N3O5S.C12H8FNO3S.C11H6FNO3S/c27-17-5-3-15(4-6-17)26-30-20(14-37-26)23(33)25(34)29-19(13-31-7-1-2-8-31)22(32)16-11-18(28)24-21(12-16)35-9-10-36-24;1-17-12(16)10(15)9-6-18-11(14-9)7-2-4-8(13)5-3-7;12-7-3-1-6(2-4-7)10-13-8(5-17-10)9(14)11(15)16/h3-6,11-12,14,19,22,32H,1-2,7-10,13H2,(H,29,34);2-6H,1H3;1-5H,(H,15,16)/t19-,22-;;/m1../s1. The van der Waals surface area contributed by atoms with E-state index < -0.39 is 59.0 Å². The van der Waals surface area contributed by atoms with Crippen molar-refractivity contribution in [2.75, 3.05) is 40.0 Å². The number of carbonyl (C=O) groups is 6. The molecule has 7 aromatic rings. The first-order valence-corrected chi connectivity index (χ1v) is 24.1. The first-order chi connectivity index (χ1) is 34.6. The number of likely N-dealkylation sites (tertiary alicyclic amines) is 1. The van der Waals surface area contributed by atoms with E-state index in [2.05, 4.69) is 29.9 Å². The van der Waals surface area contributed by atoms with E-state index in [1.54, 1.807) is 12.1 Å². The van der Waals surface area contributed by atoms with Gasteiger partial charge in [0.05, 0.1) is 13.2 Å². The Hall–Kier alpha value is -7.57. The third-order valence-electron chi connectivity index (χ3n) is 10.6. The summed E-state index contributed by atoms with van der Waals surface area (Å²) in [7, 11) is 1.13. The summed E-state index contributed by atoms with van der Waals surface area (Å²) in [6.07, 6.45) is 0.659. The fourth-order valence-corrected chi connectivity index (χ4v) is 9.39. The summed E-state index contributed by atoms with van der Waals surface area (Å²) in [6.45, 7) is 2.32. The van der Waals surface area contributed by atoms with Crippen molar-refractivity contribution >= 4 is 69.2 Å². The number of carboxylic acids is 1. The van der Waals surface area contributed by atoms with Gasteiger partial charge in [-0.2, -0.15) is 0 Å². The molecule has 1 saturated heterocycles. The van der Waals surface area contributed by atoms with Crippen LogP contribution in [0.1, 0.15) is 56.0 Å². The number of ether oxygens (including phenoxy) is 3. The van der Waals surface area contributed by atoms with Gasteiger partial charge in [-0.15, -0.1) is 34.0 Å². The lowest BCUT2D eigenvalue weighted by atomic mass is 10.00.